The maximum atomic E-state index is 12.8. The summed E-state index contributed by atoms with van der Waals surface area (Å²) in [5.74, 6) is -7.97. The second-order valence-corrected chi connectivity index (χ2v) is 7.26. The average molecular weight is 486 g/mol. The van der Waals surface area contributed by atoms with Gasteiger partial charge >= 0.3 is 17.9 Å². The molecule has 1 aromatic rings. The van der Waals surface area contributed by atoms with Gasteiger partial charge in [-0.05, 0) is 6.92 Å². The summed E-state index contributed by atoms with van der Waals surface area (Å²) in [6, 6.07) is -6.51. The summed E-state index contributed by atoms with van der Waals surface area (Å²) in [6.45, 7) is 1.25. The molecule has 0 fully saturated rings. The topological polar surface area (TPSA) is 274 Å². The van der Waals surface area contributed by atoms with Gasteiger partial charge in [0.1, 0.15) is 24.2 Å². The molecule has 0 aromatic carbocycles. The Morgan fingerprint density at radius 2 is 1.41 bits per heavy atom. The van der Waals surface area contributed by atoms with Crippen LogP contribution in [-0.4, -0.2) is 96.3 Å². The molecule has 0 aliphatic heterocycles. The van der Waals surface area contributed by atoms with Gasteiger partial charge in [0, 0.05) is 18.3 Å². The number of carbonyl (C=O) groups excluding carboxylic acids is 3. The molecule has 0 aliphatic carbocycles. The van der Waals surface area contributed by atoms with Crippen LogP contribution in [0.4, 0.5) is 0 Å². The summed E-state index contributed by atoms with van der Waals surface area (Å²) in [6.07, 6.45) is -0.792. The number of amides is 3. The van der Waals surface area contributed by atoms with Gasteiger partial charge in [-0.1, -0.05) is 0 Å². The number of nitrogens with two attached hydrogens (primary N) is 1. The molecule has 34 heavy (non-hydrogen) atoms. The van der Waals surface area contributed by atoms with Crippen molar-refractivity contribution in [3.63, 3.8) is 0 Å². The molecule has 1 rings (SSSR count). The SMILES string of the molecule is CC(O)C(N)C(=O)NC(Cc1cnc[nH]1)C(=O)NC(CC(=O)O)C(=O)NC(CC(=O)O)C(=O)O. The molecular weight excluding hydrogens is 460 g/mol. The van der Waals surface area contributed by atoms with E-state index in [1.54, 1.807) is 0 Å². The maximum Gasteiger partial charge on any atom is 0.326 e. The third-order valence-electron chi connectivity index (χ3n) is 4.44. The molecule has 1 heterocycles. The fourth-order valence-corrected chi connectivity index (χ4v) is 2.62. The molecule has 0 bridgehead atoms. The highest BCUT2D eigenvalue weighted by molar-refractivity contribution is 5.96. The van der Waals surface area contributed by atoms with Crippen LogP contribution in [0.2, 0.25) is 0 Å². The lowest BCUT2D eigenvalue weighted by molar-refractivity contribution is -0.148. The van der Waals surface area contributed by atoms with Crippen molar-refractivity contribution in [3.8, 4) is 0 Å². The normalized spacial score (nSPS) is 15.1. The molecule has 10 N–H and O–H groups in total. The number of rotatable bonds is 14. The van der Waals surface area contributed by atoms with Gasteiger partial charge in [-0.25, -0.2) is 9.78 Å². The standard InChI is InChI=1S/C18H26N6O10/c1-7(25)14(19)17(32)23-9(2-8-5-20-6-21-8)15(30)22-10(3-12(26)27)16(31)24-11(18(33)34)4-13(28)29/h5-7,9-11,14,25H,2-4,19H2,1H3,(H,20,21)(H,22,30)(H,23,32)(H,24,31)(H,26,27)(H,28,29)(H,33,34). The second kappa shape index (κ2) is 12.9. The second-order valence-electron chi connectivity index (χ2n) is 7.26. The Bertz CT molecular complexity index is 903. The van der Waals surface area contributed by atoms with Gasteiger partial charge in [0.05, 0.1) is 25.3 Å². The Kier molecular flexibility index (Phi) is 10.6. The summed E-state index contributed by atoms with van der Waals surface area (Å²) in [5, 5.41) is 42.7. The van der Waals surface area contributed by atoms with E-state index in [2.05, 4.69) is 20.6 Å². The summed E-state index contributed by atoms with van der Waals surface area (Å²) in [4.78, 5) is 77.2. The first-order valence-electron chi connectivity index (χ1n) is 9.80. The number of nitrogens with one attached hydrogen (secondary N) is 4. The van der Waals surface area contributed by atoms with Gasteiger partial charge in [0.2, 0.25) is 17.7 Å². The zero-order valence-electron chi connectivity index (χ0n) is 17.9. The van der Waals surface area contributed by atoms with E-state index in [9.17, 15) is 33.9 Å². The number of H-pyrrole nitrogens is 1. The number of aromatic amines is 1. The highest BCUT2D eigenvalue weighted by Crippen LogP contribution is 2.04. The molecule has 0 spiro atoms. The molecule has 16 heteroatoms. The molecule has 1 aromatic heterocycles. The molecule has 0 saturated heterocycles. The van der Waals surface area contributed by atoms with Crippen LogP contribution < -0.4 is 21.7 Å². The van der Waals surface area contributed by atoms with Gasteiger partial charge in [0.15, 0.2) is 0 Å². The lowest BCUT2D eigenvalue weighted by Crippen LogP contribution is -2.59. The number of aliphatic carboxylic acids is 3. The Labute approximate surface area is 191 Å². The van der Waals surface area contributed by atoms with Gasteiger partial charge in [-0.15, -0.1) is 0 Å². The van der Waals surface area contributed by atoms with E-state index in [1.807, 2.05) is 5.32 Å². The number of aliphatic hydroxyl groups is 1. The summed E-state index contributed by atoms with van der Waals surface area (Å²) in [5.41, 5.74) is 5.93. The number of imidazole rings is 1. The van der Waals surface area contributed by atoms with Crippen molar-refractivity contribution in [2.45, 2.75) is 56.5 Å². The van der Waals surface area contributed by atoms with Crippen molar-refractivity contribution < 1.29 is 49.2 Å². The Balaban J connectivity index is 3.08. The van der Waals surface area contributed by atoms with Crippen LogP contribution in [0, 0.1) is 0 Å². The van der Waals surface area contributed by atoms with E-state index in [0.29, 0.717) is 5.69 Å². The van der Waals surface area contributed by atoms with Gasteiger partial charge < -0.3 is 47.1 Å². The zero-order chi connectivity index (χ0) is 26.0. The van der Waals surface area contributed by atoms with Crippen molar-refractivity contribution in [1.29, 1.82) is 0 Å². The van der Waals surface area contributed by atoms with Crippen molar-refractivity contribution in [3.05, 3.63) is 18.2 Å². The van der Waals surface area contributed by atoms with Crippen LogP contribution in [0.5, 0.6) is 0 Å². The molecule has 0 saturated carbocycles. The quantitative estimate of drug-likeness (QED) is 0.122. The fourth-order valence-electron chi connectivity index (χ4n) is 2.62. The predicted octanol–water partition coefficient (Wildman–Crippen LogP) is -3.85. The molecule has 0 aliphatic rings. The number of aliphatic hydroxyl groups excluding tert-OH is 1. The number of nitrogens with zero attached hydrogens (tertiary/aromatic N) is 1. The van der Waals surface area contributed by atoms with E-state index in [1.165, 1.54) is 19.4 Å². The molecule has 5 atom stereocenters. The van der Waals surface area contributed by atoms with Crippen LogP contribution in [0.1, 0.15) is 25.5 Å². The summed E-state index contributed by atoms with van der Waals surface area (Å²) in [7, 11) is 0. The first kappa shape index (κ1) is 28.0. The largest absolute Gasteiger partial charge is 0.481 e. The number of carboxylic acids is 3. The highest BCUT2D eigenvalue weighted by atomic mass is 16.4. The molecule has 16 nitrogen and oxygen atoms in total. The van der Waals surface area contributed by atoms with Crippen LogP contribution in [0.3, 0.4) is 0 Å². The van der Waals surface area contributed by atoms with E-state index in [4.69, 9.17) is 21.1 Å². The Morgan fingerprint density at radius 1 is 0.912 bits per heavy atom. The number of hydrogen-bond donors (Lipinski definition) is 9. The van der Waals surface area contributed by atoms with Crippen molar-refractivity contribution in [2.24, 2.45) is 5.73 Å². The van der Waals surface area contributed by atoms with Crippen molar-refractivity contribution in [1.82, 2.24) is 25.9 Å². The smallest absolute Gasteiger partial charge is 0.326 e. The Morgan fingerprint density at radius 3 is 1.88 bits per heavy atom. The zero-order valence-corrected chi connectivity index (χ0v) is 17.9. The van der Waals surface area contributed by atoms with Crippen LogP contribution >= 0.6 is 0 Å². The minimum absolute atomic E-state index is 0.192. The number of hydrogen-bond acceptors (Lipinski definition) is 9. The Hall–Kier alpha value is -4.05. The van der Waals surface area contributed by atoms with Crippen LogP contribution in [-0.2, 0) is 35.2 Å². The summed E-state index contributed by atoms with van der Waals surface area (Å²) >= 11 is 0. The van der Waals surface area contributed by atoms with E-state index >= 15 is 0 Å². The van der Waals surface area contributed by atoms with Crippen LogP contribution in [0.25, 0.3) is 0 Å². The molecule has 0 radical (unpaired) electrons. The van der Waals surface area contributed by atoms with E-state index in [-0.39, 0.29) is 6.42 Å². The number of carbonyl (C=O) groups is 6. The summed E-state index contributed by atoms with van der Waals surface area (Å²) < 4.78 is 0. The molecule has 3 amide bonds. The third-order valence-corrected chi connectivity index (χ3v) is 4.44. The van der Waals surface area contributed by atoms with Gasteiger partial charge in [0.25, 0.3) is 0 Å². The lowest BCUT2D eigenvalue weighted by Gasteiger charge is -2.24. The third kappa shape index (κ3) is 9.21. The molecular formula is C18H26N6O10. The predicted molar refractivity (Wildman–Crippen MR) is 110 cm³/mol. The van der Waals surface area contributed by atoms with E-state index in [0.717, 1.165) is 0 Å². The maximum absolute atomic E-state index is 12.8. The van der Waals surface area contributed by atoms with Gasteiger partial charge in [-0.2, -0.15) is 0 Å². The highest BCUT2D eigenvalue weighted by Gasteiger charge is 2.33. The monoisotopic (exact) mass is 486 g/mol. The van der Waals surface area contributed by atoms with Crippen LogP contribution in [0.15, 0.2) is 12.5 Å². The minimum Gasteiger partial charge on any atom is -0.481 e. The van der Waals surface area contributed by atoms with Crippen molar-refractivity contribution in [2.75, 3.05) is 0 Å². The number of aromatic nitrogens is 2. The first-order valence-corrected chi connectivity index (χ1v) is 9.80. The fraction of sp³-hybridized carbons (Fsp3) is 0.500. The minimum atomic E-state index is -1.89. The van der Waals surface area contributed by atoms with Crippen molar-refractivity contribution >= 4 is 35.6 Å². The number of carboxylic acid groups (broad SMARTS) is 3. The van der Waals surface area contributed by atoms with E-state index < -0.39 is 78.7 Å². The molecule has 188 valence electrons. The molecule has 5 unspecified atom stereocenters. The average Bonchev–Trinajstić information content (AvgIpc) is 3.23. The lowest BCUT2D eigenvalue weighted by atomic mass is 10.1. The first-order chi connectivity index (χ1) is 15.8. The van der Waals surface area contributed by atoms with Gasteiger partial charge in [-0.3, -0.25) is 24.0 Å².